The van der Waals surface area contributed by atoms with Crippen molar-refractivity contribution in [3.05, 3.63) is 0 Å². The molecule has 0 spiro atoms. The Kier molecular flexibility index (Phi) is 4.33. The highest BCUT2D eigenvalue weighted by Gasteiger charge is 2.43. The van der Waals surface area contributed by atoms with Gasteiger partial charge in [0.2, 0.25) is 5.91 Å². The minimum Gasteiger partial charge on any atom is -0.350 e. The average Bonchev–Trinajstić information content (AvgIpc) is 2.27. The molecule has 0 aromatic rings. The first-order chi connectivity index (χ1) is 7.84. The van der Waals surface area contributed by atoms with Gasteiger partial charge in [0, 0.05) is 19.1 Å². The zero-order valence-corrected chi connectivity index (χ0v) is 9.09. The molecule has 0 aromatic heterocycles. The standard InChI is InChI=1S/C9H14F3N3O2/c10-9(11,12)8(17)15-3-1-2-6(5-15)14-7(16)4-13/h6H,1-5,13H2,(H,14,16). The van der Waals surface area contributed by atoms with Crippen LogP contribution in [0.4, 0.5) is 13.2 Å². The molecule has 0 radical (unpaired) electrons. The molecule has 17 heavy (non-hydrogen) atoms. The van der Waals surface area contributed by atoms with Crippen molar-refractivity contribution >= 4 is 11.8 Å². The van der Waals surface area contributed by atoms with Crippen LogP contribution in [-0.2, 0) is 9.59 Å². The normalized spacial score (nSPS) is 21.2. The van der Waals surface area contributed by atoms with Gasteiger partial charge in [0.15, 0.2) is 0 Å². The molecule has 1 aliphatic heterocycles. The van der Waals surface area contributed by atoms with Gasteiger partial charge in [0.05, 0.1) is 6.54 Å². The van der Waals surface area contributed by atoms with Gasteiger partial charge in [-0.25, -0.2) is 0 Å². The van der Waals surface area contributed by atoms with Gasteiger partial charge in [0.1, 0.15) is 0 Å². The number of likely N-dealkylation sites (tertiary alicyclic amines) is 1. The summed E-state index contributed by atoms with van der Waals surface area (Å²) in [5.41, 5.74) is 5.08. The first-order valence-electron chi connectivity index (χ1n) is 5.20. The molecule has 1 unspecified atom stereocenters. The van der Waals surface area contributed by atoms with Gasteiger partial charge in [-0.3, -0.25) is 9.59 Å². The van der Waals surface area contributed by atoms with Crippen molar-refractivity contribution in [2.45, 2.75) is 25.1 Å². The molecule has 1 saturated heterocycles. The second-order valence-corrected chi connectivity index (χ2v) is 3.86. The molecule has 0 saturated carbocycles. The second-order valence-electron chi connectivity index (χ2n) is 3.86. The SMILES string of the molecule is NCC(=O)NC1CCCN(C(=O)C(F)(F)F)C1. The number of piperidine rings is 1. The third-order valence-electron chi connectivity index (χ3n) is 2.50. The van der Waals surface area contributed by atoms with Crippen molar-refractivity contribution in [1.82, 2.24) is 10.2 Å². The molecule has 3 N–H and O–H groups in total. The molecular formula is C9H14F3N3O2. The fraction of sp³-hybridized carbons (Fsp3) is 0.778. The molecule has 1 aliphatic rings. The van der Waals surface area contributed by atoms with E-state index in [2.05, 4.69) is 5.32 Å². The Morgan fingerprint density at radius 1 is 1.41 bits per heavy atom. The lowest BCUT2D eigenvalue weighted by molar-refractivity contribution is -0.186. The monoisotopic (exact) mass is 253 g/mol. The number of nitrogens with zero attached hydrogens (tertiary/aromatic N) is 1. The van der Waals surface area contributed by atoms with E-state index in [9.17, 15) is 22.8 Å². The van der Waals surface area contributed by atoms with Crippen LogP contribution in [-0.4, -0.2) is 48.6 Å². The van der Waals surface area contributed by atoms with Crippen LogP contribution in [0, 0.1) is 0 Å². The molecule has 1 atom stereocenters. The van der Waals surface area contributed by atoms with Crippen LogP contribution in [0.15, 0.2) is 0 Å². The van der Waals surface area contributed by atoms with Crippen molar-refractivity contribution in [1.29, 1.82) is 0 Å². The second kappa shape index (κ2) is 5.35. The summed E-state index contributed by atoms with van der Waals surface area (Å²) in [6.45, 7) is -0.277. The number of rotatable bonds is 2. The fourth-order valence-electron chi connectivity index (χ4n) is 1.75. The largest absolute Gasteiger partial charge is 0.471 e. The van der Waals surface area contributed by atoms with Crippen LogP contribution in [0.2, 0.25) is 0 Å². The van der Waals surface area contributed by atoms with Gasteiger partial charge in [-0.2, -0.15) is 13.2 Å². The number of nitrogens with one attached hydrogen (secondary N) is 1. The van der Waals surface area contributed by atoms with Crippen molar-refractivity contribution in [3.63, 3.8) is 0 Å². The van der Waals surface area contributed by atoms with Crippen LogP contribution in [0.25, 0.3) is 0 Å². The highest BCUT2D eigenvalue weighted by atomic mass is 19.4. The zero-order chi connectivity index (χ0) is 13.1. The third kappa shape index (κ3) is 3.88. The number of carbonyl (C=O) groups is 2. The first kappa shape index (κ1) is 13.8. The summed E-state index contributed by atoms with van der Waals surface area (Å²) in [5, 5.41) is 2.48. The van der Waals surface area contributed by atoms with Gasteiger partial charge in [-0.05, 0) is 12.8 Å². The maximum Gasteiger partial charge on any atom is 0.471 e. The van der Waals surface area contributed by atoms with E-state index >= 15 is 0 Å². The molecule has 8 heteroatoms. The Balaban J connectivity index is 2.55. The van der Waals surface area contributed by atoms with E-state index < -0.39 is 24.0 Å². The summed E-state index contributed by atoms with van der Waals surface area (Å²) >= 11 is 0. The Morgan fingerprint density at radius 2 is 2.06 bits per heavy atom. The van der Waals surface area contributed by atoms with E-state index in [1.165, 1.54) is 0 Å². The Morgan fingerprint density at radius 3 is 2.59 bits per heavy atom. The van der Waals surface area contributed by atoms with Gasteiger partial charge in [-0.15, -0.1) is 0 Å². The topological polar surface area (TPSA) is 75.4 Å². The molecule has 5 nitrogen and oxygen atoms in total. The van der Waals surface area contributed by atoms with E-state index in [4.69, 9.17) is 5.73 Å². The lowest BCUT2D eigenvalue weighted by Gasteiger charge is -2.33. The molecule has 1 fully saturated rings. The third-order valence-corrected chi connectivity index (χ3v) is 2.50. The van der Waals surface area contributed by atoms with Crippen LogP contribution in [0.5, 0.6) is 0 Å². The predicted octanol–water partition coefficient (Wildman–Crippen LogP) is -0.385. The highest BCUT2D eigenvalue weighted by molar-refractivity contribution is 5.82. The number of hydrogen-bond donors (Lipinski definition) is 2. The van der Waals surface area contributed by atoms with Crippen LogP contribution in [0.1, 0.15) is 12.8 Å². The average molecular weight is 253 g/mol. The van der Waals surface area contributed by atoms with E-state index in [1.54, 1.807) is 0 Å². The molecule has 1 rings (SSSR count). The molecule has 1 heterocycles. The maximum absolute atomic E-state index is 12.2. The Labute approximate surface area is 96.1 Å². The van der Waals surface area contributed by atoms with E-state index in [0.29, 0.717) is 17.7 Å². The summed E-state index contributed by atoms with van der Waals surface area (Å²) in [4.78, 5) is 22.7. The van der Waals surface area contributed by atoms with Crippen molar-refractivity contribution in [2.75, 3.05) is 19.6 Å². The summed E-state index contributed by atoms with van der Waals surface area (Å²) in [6.07, 6.45) is -3.88. The molecule has 2 amide bonds. The lowest BCUT2D eigenvalue weighted by atomic mass is 10.1. The van der Waals surface area contributed by atoms with E-state index in [0.717, 1.165) is 0 Å². The number of amides is 2. The summed E-state index contributed by atoms with van der Waals surface area (Å²) in [6, 6.07) is -0.453. The molecule has 98 valence electrons. The van der Waals surface area contributed by atoms with E-state index in [1.807, 2.05) is 0 Å². The summed E-state index contributed by atoms with van der Waals surface area (Å²) in [5.74, 6) is -2.29. The van der Waals surface area contributed by atoms with Crippen molar-refractivity contribution in [2.24, 2.45) is 5.73 Å². The number of hydrogen-bond acceptors (Lipinski definition) is 3. The van der Waals surface area contributed by atoms with E-state index in [-0.39, 0.29) is 19.6 Å². The summed E-state index contributed by atoms with van der Waals surface area (Å²) in [7, 11) is 0. The van der Waals surface area contributed by atoms with Gasteiger partial charge >= 0.3 is 12.1 Å². The molecule has 0 bridgehead atoms. The highest BCUT2D eigenvalue weighted by Crippen LogP contribution is 2.21. The van der Waals surface area contributed by atoms with Gasteiger partial charge < -0.3 is 16.0 Å². The quantitative estimate of drug-likeness (QED) is 0.704. The number of halogens is 3. The minimum absolute atomic E-state index is 0.0628. The smallest absolute Gasteiger partial charge is 0.350 e. The van der Waals surface area contributed by atoms with Crippen molar-refractivity contribution in [3.8, 4) is 0 Å². The predicted molar refractivity (Wildman–Crippen MR) is 52.9 cm³/mol. The summed E-state index contributed by atoms with van der Waals surface area (Å²) < 4.78 is 36.6. The van der Waals surface area contributed by atoms with Crippen molar-refractivity contribution < 1.29 is 22.8 Å². The lowest BCUT2D eigenvalue weighted by Crippen LogP contribution is -2.53. The number of nitrogens with two attached hydrogens (primary N) is 1. The number of carbonyl (C=O) groups excluding carboxylic acids is 2. The van der Waals surface area contributed by atoms with Crippen LogP contribution >= 0.6 is 0 Å². The number of alkyl halides is 3. The van der Waals surface area contributed by atoms with Crippen LogP contribution in [0.3, 0.4) is 0 Å². The Bertz CT molecular complexity index is 306. The van der Waals surface area contributed by atoms with Gasteiger partial charge in [-0.1, -0.05) is 0 Å². The zero-order valence-electron chi connectivity index (χ0n) is 9.09. The molecular weight excluding hydrogens is 239 g/mol. The molecule has 0 aromatic carbocycles. The van der Waals surface area contributed by atoms with Crippen LogP contribution < -0.4 is 11.1 Å². The van der Waals surface area contributed by atoms with Gasteiger partial charge in [0.25, 0.3) is 0 Å². The minimum atomic E-state index is -4.86. The Hall–Kier alpha value is -1.31. The maximum atomic E-state index is 12.2. The molecule has 0 aliphatic carbocycles. The first-order valence-corrected chi connectivity index (χ1v) is 5.20. The fourth-order valence-corrected chi connectivity index (χ4v) is 1.75.